The van der Waals surface area contributed by atoms with E-state index >= 15 is 0 Å². The quantitative estimate of drug-likeness (QED) is 0.898. The Kier molecular flexibility index (Phi) is 5.88. The van der Waals surface area contributed by atoms with Gasteiger partial charge >= 0.3 is 0 Å². The van der Waals surface area contributed by atoms with Crippen LogP contribution in [-0.2, 0) is 4.79 Å². The van der Waals surface area contributed by atoms with E-state index in [9.17, 15) is 4.79 Å². The largest absolute Gasteiger partial charge is 0.385 e. The second-order valence-corrected chi connectivity index (χ2v) is 5.79. The normalized spacial score (nSPS) is 22.0. The molecule has 0 radical (unpaired) electrons. The van der Waals surface area contributed by atoms with Gasteiger partial charge in [0, 0.05) is 30.9 Å². The van der Waals surface area contributed by atoms with Gasteiger partial charge in [-0.2, -0.15) is 0 Å². The summed E-state index contributed by atoms with van der Waals surface area (Å²) in [6.45, 7) is 4.16. The van der Waals surface area contributed by atoms with E-state index in [1.807, 2.05) is 17.0 Å². The van der Waals surface area contributed by atoms with Crippen molar-refractivity contribution in [2.75, 3.05) is 36.4 Å². The van der Waals surface area contributed by atoms with Crippen LogP contribution in [0.25, 0.3) is 0 Å². The van der Waals surface area contributed by atoms with Crippen molar-refractivity contribution in [3.63, 3.8) is 0 Å². The van der Waals surface area contributed by atoms with Gasteiger partial charge in [0.2, 0.25) is 5.91 Å². The van der Waals surface area contributed by atoms with E-state index in [-0.39, 0.29) is 18.3 Å². The molecule has 0 spiro atoms. The third-order valence-electron chi connectivity index (χ3n) is 4.25. The lowest BCUT2D eigenvalue weighted by atomic mass is 10.00. The zero-order valence-corrected chi connectivity index (χ0v) is 13.1. The zero-order chi connectivity index (χ0) is 13.8. The summed E-state index contributed by atoms with van der Waals surface area (Å²) in [4.78, 5) is 13.6. The van der Waals surface area contributed by atoms with E-state index in [4.69, 9.17) is 0 Å². The van der Waals surface area contributed by atoms with Gasteiger partial charge in [-0.3, -0.25) is 4.79 Å². The molecule has 1 aromatic rings. The fourth-order valence-electron chi connectivity index (χ4n) is 3.04. The van der Waals surface area contributed by atoms with Crippen molar-refractivity contribution in [3.8, 4) is 0 Å². The van der Waals surface area contributed by atoms with Gasteiger partial charge in [-0.25, -0.2) is 0 Å². The second kappa shape index (κ2) is 7.66. The number of piperidine rings is 1. The van der Waals surface area contributed by atoms with Gasteiger partial charge in [-0.15, -0.1) is 12.4 Å². The summed E-state index contributed by atoms with van der Waals surface area (Å²) >= 11 is 0. The number of carbonyl (C=O) groups excluding carboxylic acids is 1. The predicted molar refractivity (Wildman–Crippen MR) is 89.4 cm³/mol. The number of benzene rings is 1. The average molecular weight is 310 g/mol. The van der Waals surface area contributed by atoms with Crippen molar-refractivity contribution in [2.24, 2.45) is 5.92 Å². The number of amides is 1. The van der Waals surface area contributed by atoms with Crippen LogP contribution in [-0.4, -0.2) is 32.1 Å². The summed E-state index contributed by atoms with van der Waals surface area (Å²) < 4.78 is 0. The van der Waals surface area contributed by atoms with Gasteiger partial charge in [-0.1, -0.05) is 0 Å². The number of anilines is 2. The first-order chi connectivity index (χ1) is 9.83. The maximum absolute atomic E-state index is 11.7. The van der Waals surface area contributed by atoms with Crippen molar-refractivity contribution < 1.29 is 4.79 Å². The van der Waals surface area contributed by atoms with E-state index < -0.39 is 0 Å². The minimum atomic E-state index is 0. The molecule has 2 saturated heterocycles. The highest BCUT2D eigenvalue weighted by molar-refractivity contribution is 5.95. The van der Waals surface area contributed by atoms with Gasteiger partial charge in [0.05, 0.1) is 0 Å². The number of hydrogen-bond acceptors (Lipinski definition) is 3. The maximum atomic E-state index is 11.7. The molecule has 1 aromatic carbocycles. The number of carbonyl (C=O) groups is 1. The van der Waals surface area contributed by atoms with Crippen molar-refractivity contribution in [3.05, 3.63) is 24.3 Å². The Balaban J connectivity index is 0.00000161. The molecule has 21 heavy (non-hydrogen) atoms. The van der Waals surface area contributed by atoms with E-state index in [0.29, 0.717) is 6.42 Å². The number of nitrogens with one attached hydrogen (secondary N) is 2. The topological polar surface area (TPSA) is 44.4 Å². The lowest BCUT2D eigenvalue weighted by Gasteiger charge is -2.23. The minimum Gasteiger partial charge on any atom is -0.385 e. The molecule has 2 aliphatic heterocycles. The van der Waals surface area contributed by atoms with Crippen molar-refractivity contribution in [2.45, 2.75) is 25.7 Å². The maximum Gasteiger partial charge on any atom is 0.227 e. The lowest BCUT2D eigenvalue weighted by molar-refractivity contribution is -0.117. The Morgan fingerprint density at radius 3 is 2.67 bits per heavy atom. The third-order valence-corrected chi connectivity index (χ3v) is 4.25. The van der Waals surface area contributed by atoms with E-state index in [1.54, 1.807) is 0 Å². The minimum absolute atomic E-state index is 0. The monoisotopic (exact) mass is 309 g/mol. The Morgan fingerprint density at radius 1 is 1.24 bits per heavy atom. The first-order valence-corrected chi connectivity index (χ1v) is 7.68. The lowest BCUT2D eigenvalue weighted by Crippen LogP contribution is -2.33. The fraction of sp³-hybridized carbons (Fsp3) is 0.562. The molecule has 1 atom stereocenters. The Hall–Kier alpha value is -1.26. The van der Waals surface area contributed by atoms with Crippen molar-refractivity contribution in [1.82, 2.24) is 5.32 Å². The molecule has 5 heteroatoms. The highest BCUT2D eigenvalue weighted by atomic mass is 35.5. The van der Waals surface area contributed by atoms with Crippen molar-refractivity contribution in [1.29, 1.82) is 0 Å². The summed E-state index contributed by atoms with van der Waals surface area (Å²) in [5, 5.41) is 6.94. The summed E-state index contributed by atoms with van der Waals surface area (Å²) in [6, 6.07) is 8.25. The van der Waals surface area contributed by atoms with Gasteiger partial charge in [0.15, 0.2) is 0 Å². The van der Waals surface area contributed by atoms with Crippen LogP contribution in [0.1, 0.15) is 25.7 Å². The summed E-state index contributed by atoms with van der Waals surface area (Å²) in [7, 11) is 0. The molecule has 2 N–H and O–H groups in total. The number of halogens is 1. The Bertz CT molecular complexity index is 457. The van der Waals surface area contributed by atoms with Crippen LogP contribution in [0.2, 0.25) is 0 Å². The molecule has 0 aliphatic carbocycles. The van der Waals surface area contributed by atoms with Gasteiger partial charge in [0.1, 0.15) is 0 Å². The molecule has 2 heterocycles. The van der Waals surface area contributed by atoms with Gasteiger partial charge in [0.25, 0.3) is 0 Å². The van der Waals surface area contributed by atoms with Crippen molar-refractivity contribution >= 4 is 29.7 Å². The van der Waals surface area contributed by atoms with Crippen LogP contribution in [0.4, 0.5) is 11.4 Å². The smallest absolute Gasteiger partial charge is 0.227 e. The fourth-order valence-corrected chi connectivity index (χ4v) is 3.04. The zero-order valence-electron chi connectivity index (χ0n) is 12.3. The summed E-state index contributed by atoms with van der Waals surface area (Å²) in [5.74, 6) is 0.975. The van der Waals surface area contributed by atoms with E-state index in [0.717, 1.165) is 49.9 Å². The van der Waals surface area contributed by atoms with Gasteiger partial charge in [-0.05, 0) is 62.5 Å². The molecule has 116 valence electrons. The Morgan fingerprint density at radius 2 is 2.05 bits per heavy atom. The third kappa shape index (κ3) is 4.11. The molecule has 0 saturated carbocycles. The van der Waals surface area contributed by atoms with Crippen LogP contribution in [0.5, 0.6) is 0 Å². The van der Waals surface area contributed by atoms with Gasteiger partial charge < -0.3 is 15.5 Å². The second-order valence-electron chi connectivity index (χ2n) is 5.79. The predicted octanol–water partition coefficient (Wildman–Crippen LogP) is 2.65. The molecule has 1 unspecified atom stereocenters. The molecule has 2 fully saturated rings. The molecule has 0 aromatic heterocycles. The molecular weight excluding hydrogens is 286 g/mol. The van der Waals surface area contributed by atoms with Crippen LogP contribution < -0.4 is 15.5 Å². The summed E-state index contributed by atoms with van der Waals surface area (Å²) in [6.07, 6.45) is 4.25. The van der Waals surface area contributed by atoms with Crippen LogP contribution >= 0.6 is 12.4 Å². The standard InChI is InChI=1S/C16H23N3O.ClH/c20-16-4-2-10-19(16)15-7-5-14(6-8-15)18-12-13-3-1-9-17-11-13;/h5-8,13,17-18H,1-4,9-12H2;1H. The number of nitrogens with zero attached hydrogens (tertiary/aromatic N) is 1. The molecule has 4 nitrogen and oxygen atoms in total. The van der Waals surface area contributed by atoms with Crippen LogP contribution in [0, 0.1) is 5.92 Å². The Labute approximate surface area is 132 Å². The SMILES string of the molecule is Cl.O=C1CCCN1c1ccc(NCC2CCCNC2)cc1. The molecule has 1 amide bonds. The first-order valence-electron chi connectivity index (χ1n) is 7.68. The van der Waals surface area contributed by atoms with E-state index in [2.05, 4.69) is 22.8 Å². The number of hydrogen-bond donors (Lipinski definition) is 2. The molecule has 0 bridgehead atoms. The first kappa shape index (κ1) is 16.1. The molecule has 3 rings (SSSR count). The highest BCUT2D eigenvalue weighted by Crippen LogP contribution is 2.23. The van der Waals surface area contributed by atoms with Crippen LogP contribution in [0.3, 0.4) is 0 Å². The van der Waals surface area contributed by atoms with E-state index in [1.165, 1.54) is 12.8 Å². The molecule has 2 aliphatic rings. The summed E-state index contributed by atoms with van der Waals surface area (Å²) in [5.41, 5.74) is 2.17. The molecular formula is C16H24ClN3O. The number of rotatable bonds is 4. The average Bonchev–Trinajstić information content (AvgIpc) is 2.93. The van der Waals surface area contributed by atoms with Crippen LogP contribution in [0.15, 0.2) is 24.3 Å². The highest BCUT2D eigenvalue weighted by Gasteiger charge is 2.21.